The van der Waals surface area contributed by atoms with Gasteiger partial charge >= 0.3 is 0 Å². The lowest BCUT2D eigenvalue weighted by molar-refractivity contribution is -0.132. The molecule has 1 heterocycles. The van der Waals surface area contributed by atoms with E-state index in [0.717, 1.165) is 23.5 Å². The maximum Gasteiger partial charge on any atom is 0.228 e. The van der Waals surface area contributed by atoms with Gasteiger partial charge in [0.2, 0.25) is 5.91 Å². The minimum atomic E-state index is -0.808. The molecule has 1 N–H and O–H groups in total. The van der Waals surface area contributed by atoms with E-state index in [1.165, 1.54) is 23.5 Å². The number of amides is 1. The molecule has 122 valence electrons. The SMILES string of the molecule is Cc1nc(CC(=O)N(CC(O)c2ccc(F)cc2)C2CC2)cs1. The molecule has 0 bridgehead atoms. The molecule has 0 aliphatic heterocycles. The van der Waals surface area contributed by atoms with E-state index in [1.54, 1.807) is 17.0 Å². The third-order valence-electron chi connectivity index (χ3n) is 3.93. The van der Waals surface area contributed by atoms with Gasteiger partial charge in [-0.25, -0.2) is 9.37 Å². The normalized spacial score (nSPS) is 15.4. The summed E-state index contributed by atoms with van der Waals surface area (Å²) < 4.78 is 13.0. The van der Waals surface area contributed by atoms with Gasteiger partial charge in [0, 0.05) is 11.4 Å². The Morgan fingerprint density at radius 3 is 2.70 bits per heavy atom. The predicted octanol–water partition coefficient (Wildman–Crippen LogP) is 2.86. The Morgan fingerprint density at radius 2 is 2.13 bits per heavy atom. The number of thiazole rings is 1. The van der Waals surface area contributed by atoms with Crippen molar-refractivity contribution < 1.29 is 14.3 Å². The Hall–Kier alpha value is -1.79. The molecule has 1 fully saturated rings. The zero-order valence-electron chi connectivity index (χ0n) is 12.9. The molecule has 1 aliphatic rings. The second-order valence-electron chi connectivity index (χ2n) is 5.88. The highest BCUT2D eigenvalue weighted by molar-refractivity contribution is 7.09. The zero-order valence-corrected chi connectivity index (χ0v) is 13.7. The highest BCUT2D eigenvalue weighted by atomic mass is 32.1. The lowest BCUT2D eigenvalue weighted by Gasteiger charge is -2.25. The third-order valence-corrected chi connectivity index (χ3v) is 4.75. The molecule has 6 heteroatoms. The van der Waals surface area contributed by atoms with Crippen LogP contribution in [-0.2, 0) is 11.2 Å². The molecule has 4 nitrogen and oxygen atoms in total. The van der Waals surface area contributed by atoms with Crippen LogP contribution >= 0.6 is 11.3 Å². The number of aliphatic hydroxyl groups excluding tert-OH is 1. The van der Waals surface area contributed by atoms with Crippen molar-refractivity contribution in [3.05, 3.63) is 51.7 Å². The van der Waals surface area contributed by atoms with Crippen LogP contribution < -0.4 is 0 Å². The lowest BCUT2D eigenvalue weighted by Crippen LogP contribution is -2.37. The second kappa shape index (κ2) is 6.76. The maximum absolute atomic E-state index is 13.0. The number of aliphatic hydroxyl groups is 1. The quantitative estimate of drug-likeness (QED) is 0.884. The topological polar surface area (TPSA) is 53.4 Å². The van der Waals surface area contributed by atoms with Gasteiger partial charge in [-0.05, 0) is 37.5 Å². The van der Waals surface area contributed by atoms with Gasteiger partial charge in [-0.2, -0.15) is 0 Å². The average Bonchev–Trinajstić information content (AvgIpc) is 3.28. The first-order valence-electron chi connectivity index (χ1n) is 7.67. The largest absolute Gasteiger partial charge is 0.387 e. The summed E-state index contributed by atoms with van der Waals surface area (Å²) in [5.74, 6) is -0.353. The number of benzene rings is 1. The number of aryl methyl sites for hydroxylation is 1. The number of carbonyl (C=O) groups is 1. The van der Waals surface area contributed by atoms with E-state index >= 15 is 0 Å². The molecule has 0 radical (unpaired) electrons. The van der Waals surface area contributed by atoms with Crippen molar-refractivity contribution >= 4 is 17.2 Å². The van der Waals surface area contributed by atoms with Crippen LogP contribution in [0, 0.1) is 12.7 Å². The van der Waals surface area contributed by atoms with Gasteiger partial charge in [0.05, 0.1) is 29.8 Å². The summed E-state index contributed by atoms with van der Waals surface area (Å²) in [7, 11) is 0. The van der Waals surface area contributed by atoms with Gasteiger partial charge in [0.25, 0.3) is 0 Å². The van der Waals surface area contributed by atoms with E-state index < -0.39 is 6.10 Å². The van der Waals surface area contributed by atoms with Crippen LogP contribution in [0.25, 0.3) is 0 Å². The Labute approximate surface area is 138 Å². The molecule has 23 heavy (non-hydrogen) atoms. The van der Waals surface area contributed by atoms with E-state index in [2.05, 4.69) is 4.98 Å². The molecule has 0 saturated heterocycles. The van der Waals surface area contributed by atoms with Gasteiger partial charge in [0.15, 0.2) is 0 Å². The Morgan fingerprint density at radius 1 is 1.43 bits per heavy atom. The minimum Gasteiger partial charge on any atom is -0.387 e. The first-order valence-corrected chi connectivity index (χ1v) is 8.55. The van der Waals surface area contributed by atoms with Crippen LogP contribution in [0.1, 0.15) is 35.2 Å². The summed E-state index contributed by atoms with van der Waals surface area (Å²) in [6, 6.07) is 5.95. The summed E-state index contributed by atoms with van der Waals surface area (Å²) in [5, 5.41) is 13.2. The Balaban J connectivity index is 1.66. The monoisotopic (exact) mass is 334 g/mol. The predicted molar refractivity (Wildman–Crippen MR) is 86.6 cm³/mol. The van der Waals surface area contributed by atoms with Crippen molar-refractivity contribution in [3.63, 3.8) is 0 Å². The fraction of sp³-hybridized carbons (Fsp3) is 0.412. The van der Waals surface area contributed by atoms with Crippen LogP contribution in [-0.4, -0.2) is 33.5 Å². The van der Waals surface area contributed by atoms with Crippen molar-refractivity contribution in [2.45, 2.75) is 38.3 Å². The molecule has 1 aromatic heterocycles. The molecular formula is C17H19FN2O2S. The van der Waals surface area contributed by atoms with Gasteiger partial charge < -0.3 is 10.0 Å². The molecule has 0 spiro atoms. The number of carbonyl (C=O) groups excluding carboxylic acids is 1. The number of aromatic nitrogens is 1. The van der Waals surface area contributed by atoms with Crippen LogP contribution in [0.4, 0.5) is 4.39 Å². The second-order valence-corrected chi connectivity index (χ2v) is 6.94. The van der Waals surface area contributed by atoms with Crippen molar-refractivity contribution in [1.29, 1.82) is 0 Å². The summed E-state index contributed by atoms with van der Waals surface area (Å²) >= 11 is 1.53. The van der Waals surface area contributed by atoms with Crippen molar-refractivity contribution in [1.82, 2.24) is 9.88 Å². The molecule has 1 aliphatic carbocycles. The highest BCUT2D eigenvalue weighted by Gasteiger charge is 2.34. The smallest absolute Gasteiger partial charge is 0.228 e. The fourth-order valence-electron chi connectivity index (χ4n) is 2.56. The molecule has 1 unspecified atom stereocenters. The van der Waals surface area contributed by atoms with Gasteiger partial charge in [-0.1, -0.05) is 12.1 Å². The molecule has 1 atom stereocenters. The Bertz CT molecular complexity index is 682. The van der Waals surface area contributed by atoms with Crippen molar-refractivity contribution in [2.75, 3.05) is 6.54 Å². The minimum absolute atomic E-state index is 0.0149. The van der Waals surface area contributed by atoms with Crippen molar-refractivity contribution in [2.24, 2.45) is 0 Å². The molecule has 1 saturated carbocycles. The number of hydrogen-bond acceptors (Lipinski definition) is 4. The van der Waals surface area contributed by atoms with Crippen LogP contribution in [0.3, 0.4) is 0 Å². The maximum atomic E-state index is 13.0. The van der Waals surface area contributed by atoms with Crippen LogP contribution in [0.5, 0.6) is 0 Å². The summed E-state index contributed by atoms with van der Waals surface area (Å²) in [6.45, 7) is 2.15. The standard InChI is InChI=1S/C17H19FN2O2S/c1-11-19-14(10-23-11)8-17(22)20(15-6-7-15)9-16(21)12-2-4-13(18)5-3-12/h2-5,10,15-16,21H,6-9H2,1H3. The van der Waals surface area contributed by atoms with Gasteiger partial charge in [-0.3, -0.25) is 4.79 Å². The van der Waals surface area contributed by atoms with Crippen LogP contribution in [0.15, 0.2) is 29.6 Å². The van der Waals surface area contributed by atoms with Crippen LogP contribution in [0.2, 0.25) is 0 Å². The molecule has 1 aromatic carbocycles. The van der Waals surface area contributed by atoms with Gasteiger partial charge in [-0.15, -0.1) is 11.3 Å². The number of hydrogen-bond donors (Lipinski definition) is 1. The summed E-state index contributed by atoms with van der Waals surface area (Å²) in [4.78, 5) is 18.6. The first kappa shape index (κ1) is 16.1. The summed E-state index contributed by atoms with van der Waals surface area (Å²) in [5.41, 5.74) is 1.40. The van der Waals surface area contributed by atoms with E-state index in [9.17, 15) is 14.3 Å². The Kier molecular flexibility index (Phi) is 4.73. The van der Waals surface area contributed by atoms with E-state index in [1.807, 2.05) is 12.3 Å². The highest BCUT2D eigenvalue weighted by Crippen LogP contribution is 2.29. The molecule has 2 aromatic rings. The zero-order chi connectivity index (χ0) is 16.4. The van der Waals surface area contributed by atoms with Crippen molar-refractivity contribution in [3.8, 4) is 0 Å². The molecule has 3 rings (SSSR count). The number of rotatable bonds is 6. The number of halogens is 1. The van der Waals surface area contributed by atoms with E-state index in [4.69, 9.17) is 0 Å². The molecular weight excluding hydrogens is 315 g/mol. The fourth-order valence-corrected chi connectivity index (χ4v) is 3.18. The lowest BCUT2D eigenvalue weighted by atomic mass is 10.1. The number of nitrogens with zero attached hydrogens (tertiary/aromatic N) is 2. The average molecular weight is 334 g/mol. The van der Waals surface area contributed by atoms with E-state index in [0.29, 0.717) is 5.56 Å². The van der Waals surface area contributed by atoms with Gasteiger partial charge in [0.1, 0.15) is 5.82 Å². The molecule has 1 amide bonds. The first-order chi connectivity index (χ1) is 11.0. The summed E-state index contributed by atoms with van der Waals surface area (Å²) in [6.07, 6.45) is 1.39. The third kappa shape index (κ3) is 4.14. The van der Waals surface area contributed by atoms with E-state index in [-0.39, 0.29) is 30.7 Å².